The number of nitrogens with zero attached hydrogens (tertiary/aromatic N) is 2. The second-order valence-electron chi connectivity index (χ2n) is 6.32. The second-order valence-corrected chi connectivity index (χ2v) is 7.33. The highest BCUT2D eigenvalue weighted by Gasteiger charge is 2.41. The van der Waals surface area contributed by atoms with E-state index < -0.39 is 6.04 Å². The molecule has 0 saturated carbocycles. The molecule has 2 atom stereocenters. The lowest BCUT2D eigenvalue weighted by atomic mass is 9.97. The van der Waals surface area contributed by atoms with Gasteiger partial charge in [0.1, 0.15) is 6.17 Å². The molecule has 132 valence electrons. The molecule has 5 nitrogen and oxygen atoms in total. The Labute approximate surface area is 157 Å². The molecule has 2 aliphatic heterocycles. The number of hydrogen-bond acceptors (Lipinski definition) is 5. The van der Waals surface area contributed by atoms with Crippen molar-refractivity contribution < 1.29 is 4.79 Å². The van der Waals surface area contributed by atoms with Crippen LogP contribution in [0.4, 0.5) is 5.69 Å². The average Bonchev–Trinajstić information content (AvgIpc) is 2.66. The molecule has 2 N–H and O–H groups in total. The van der Waals surface area contributed by atoms with Crippen molar-refractivity contribution in [2.24, 2.45) is 5.10 Å². The largest absolute Gasteiger partial charge is 0.360 e. The van der Waals surface area contributed by atoms with Crippen molar-refractivity contribution in [3.63, 3.8) is 0 Å². The third-order valence-electron chi connectivity index (χ3n) is 4.49. The van der Waals surface area contributed by atoms with Crippen LogP contribution in [0.25, 0.3) is 0 Å². The third-order valence-corrected chi connectivity index (χ3v) is 5.35. The Kier molecular flexibility index (Phi) is 4.42. The molecule has 0 aliphatic carbocycles. The van der Waals surface area contributed by atoms with Crippen molar-refractivity contribution in [2.45, 2.75) is 19.1 Å². The lowest BCUT2D eigenvalue weighted by Crippen LogP contribution is -2.50. The Balaban J connectivity index is 1.79. The molecule has 2 heterocycles. The van der Waals surface area contributed by atoms with Gasteiger partial charge in [-0.05, 0) is 18.6 Å². The molecule has 2 aromatic rings. The van der Waals surface area contributed by atoms with Gasteiger partial charge in [-0.2, -0.15) is 0 Å². The summed E-state index contributed by atoms with van der Waals surface area (Å²) in [6.45, 7) is 5.79. The molecule has 0 fully saturated rings. The first-order chi connectivity index (χ1) is 12.7. The number of hydrogen-bond donors (Lipinski definition) is 2. The fourth-order valence-corrected chi connectivity index (χ4v) is 3.84. The van der Waals surface area contributed by atoms with Crippen molar-refractivity contribution in [2.75, 3.05) is 11.1 Å². The Hall–Kier alpha value is -2.73. The third kappa shape index (κ3) is 2.97. The zero-order valence-corrected chi connectivity index (χ0v) is 15.3. The molecular weight excluding hydrogens is 344 g/mol. The Morgan fingerprint density at radius 1 is 1.23 bits per heavy atom. The highest BCUT2D eigenvalue weighted by molar-refractivity contribution is 8.14. The van der Waals surface area contributed by atoms with E-state index in [1.807, 2.05) is 29.3 Å². The van der Waals surface area contributed by atoms with Crippen molar-refractivity contribution >= 4 is 28.5 Å². The number of anilines is 1. The summed E-state index contributed by atoms with van der Waals surface area (Å²) in [6.07, 6.45) is 1.59. The van der Waals surface area contributed by atoms with E-state index in [1.165, 1.54) is 17.3 Å². The van der Waals surface area contributed by atoms with Gasteiger partial charge >= 0.3 is 0 Å². The van der Waals surface area contributed by atoms with Crippen LogP contribution in [0.1, 0.15) is 28.9 Å². The van der Waals surface area contributed by atoms with Gasteiger partial charge in [0.15, 0.2) is 11.2 Å². The molecule has 2 aromatic carbocycles. The predicted molar refractivity (Wildman–Crippen MR) is 107 cm³/mol. The van der Waals surface area contributed by atoms with Gasteiger partial charge in [0.25, 0.3) is 5.91 Å². The summed E-state index contributed by atoms with van der Waals surface area (Å²) in [7, 11) is 0. The van der Waals surface area contributed by atoms with Crippen LogP contribution in [-0.4, -0.2) is 21.8 Å². The maximum absolute atomic E-state index is 12.9. The molecule has 0 radical (unpaired) electrons. The van der Waals surface area contributed by atoms with Gasteiger partial charge in [0, 0.05) is 17.0 Å². The van der Waals surface area contributed by atoms with Gasteiger partial charge in [0.05, 0.1) is 0 Å². The van der Waals surface area contributed by atoms with Crippen molar-refractivity contribution in [1.29, 1.82) is 0 Å². The number of fused-ring (bicyclic) bond motifs is 3. The molecule has 0 saturated heterocycles. The molecule has 2 aliphatic rings. The standard InChI is InChI=1S/C20H20N4OS/c1-3-12-26-20-22-19(25)17-15-6-4-5-7-16(15)21-18(24(17)23-20)14-10-8-13(2)9-11-14/h3-11,17-18,21H,1,12H2,2H3,(H,22,23,25)/t17-,18+/m0/s1. The molecular formula is C20H20N4OS. The predicted octanol–water partition coefficient (Wildman–Crippen LogP) is 3.78. The maximum atomic E-state index is 12.9. The number of nitrogens with one attached hydrogen (secondary N) is 2. The lowest BCUT2D eigenvalue weighted by molar-refractivity contribution is -0.127. The summed E-state index contributed by atoms with van der Waals surface area (Å²) in [5.74, 6) is 0.634. The van der Waals surface area contributed by atoms with E-state index in [0.29, 0.717) is 10.9 Å². The number of para-hydroxylation sites is 1. The smallest absolute Gasteiger partial charge is 0.255 e. The average molecular weight is 364 g/mol. The van der Waals surface area contributed by atoms with Crippen molar-refractivity contribution in [3.05, 3.63) is 77.9 Å². The molecule has 0 unspecified atom stereocenters. The number of hydrazone groups is 1. The highest BCUT2D eigenvalue weighted by atomic mass is 32.2. The summed E-state index contributed by atoms with van der Waals surface area (Å²) in [5.41, 5.74) is 4.17. The van der Waals surface area contributed by atoms with E-state index in [9.17, 15) is 4.79 Å². The van der Waals surface area contributed by atoms with E-state index in [1.54, 1.807) is 6.08 Å². The zero-order valence-electron chi connectivity index (χ0n) is 14.5. The lowest BCUT2D eigenvalue weighted by Gasteiger charge is -2.43. The van der Waals surface area contributed by atoms with E-state index in [4.69, 9.17) is 5.10 Å². The number of carbonyl (C=O) groups excluding carboxylic acids is 1. The molecule has 26 heavy (non-hydrogen) atoms. The molecule has 0 aromatic heterocycles. The molecule has 1 amide bonds. The van der Waals surface area contributed by atoms with Gasteiger partial charge < -0.3 is 10.6 Å². The Morgan fingerprint density at radius 2 is 2.00 bits per heavy atom. The minimum Gasteiger partial charge on any atom is -0.360 e. The fourth-order valence-electron chi connectivity index (χ4n) is 3.24. The summed E-state index contributed by atoms with van der Waals surface area (Å²) in [4.78, 5) is 12.9. The van der Waals surface area contributed by atoms with Gasteiger partial charge in [0.2, 0.25) is 0 Å². The van der Waals surface area contributed by atoms with Crippen LogP contribution in [0.15, 0.2) is 66.3 Å². The maximum Gasteiger partial charge on any atom is 0.255 e. The van der Waals surface area contributed by atoms with Gasteiger partial charge in [-0.1, -0.05) is 65.9 Å². The molecule has 6 heteroatoms. The summed E-state index contributed by atoms with van der Waals surface area (Å²) in [6, 6.07) is 15.8. The number of carbonyl (C=O) groups is 1. The first-order valence-corrected chi connectivity index (χ1v) is 9.49. The number of benzene rings is 2. The van der Waals surface area contributed by atoms with Crippen LogP contribution < -0.4 is 10.6 Å². The van der Waals surface area contributed by atoms with E-state index in [-0.39, 0.29) is 12.1 Å². The van der Waals surface area contributed by atoms with Crippen LogP contribution in [0, 0.1) is 6.92 Å². The zero-order chi connectivity index (χ0) is 18.1. The normalized spacial score (nSPS) is 21.0. The Bertz CT molecular complexity index is 878. The fraction of sp³-hybridized carbons (Fsp3) is 0.200. The number of rotatable bonds is 3. The molecule has 4 rings (SSSR count). The van der Waals surface area contributed by atoms with E-state index in [2.05, 4.69) is 48.4 Å². The topological polar surface area (TPSA) is 56.7 Å². The van der Waals surface area contributed by atoms with Gasteiger partial charge in [-0.15, -0.1) is 11.7 Å². The van der Waals surface area contributed by atoms with E-state index in [0.717, 1.165) is 16.8 Å². The first kappa shape index (κ1) is 16.7. The second kappa shape index (κ2) is 6.88. The summed E-state index contributed by atoms with van der Waals surface area (Å²) in [5, 5.41) is 13.7. The SMILES string of the molecule is C=CCSC1=NN2[C@H](C(=O)N1)c1ccccc1N[C@H]2c1ccc(C)cc1. The summed E-state index contributed by atoms with van der Waals surface area (Å²) >= 11 is 1.47. The minimum absolute atomic E-state index is 0.0578. The number of thioether (sulfide) groups is 1. The number of amidine groups is 1. The Morgan fingerprint density at radius 3 is 2.77 bits per heavy atom. The number of amides is 1. The van der Waals surface area contributed by atoms with Crippen LogP contribution in [0.3, 0.4) is 0 Å². The van der Waals surface area contributed by atoms with Gasteiger partial charge in [-0.25, -0.2) is 0 Å². The quantitative estimate of drug-likeness (QED) is 0.814. The van der Waals surface area contributed by atoms with Crippen LogP contribution in [-0.2, 0) is 4.79 Å². The minimum atomic E-state index is -0.452. The molecule has 0 spiro atoms. The number of aryl methyl sites for hydroxylation is 1. The summed E-state index contributed by atoms with van der Waals surface area (Å²) < 4.78 is 0. The van der Waals surface area contributed by atoms with E-state index >= 15 is 0 Å². The molecule has 0 bridgehead atoms. The van der Waals surface area contributed by atoms with Crippen LogP contribution in [0.5, 0.6) is 0 Å². The van der Waals surface area contributed by atoms with Gasteiger partial charge in [-0.3, -0.25) is 9.80 Å². The van der Waals surface area contributed by atoms with Crippen LogP contribution in [0.2, 0.25) is 0 Å². The van der Waals surface area contributed by atoms with Crippen molar-refractivity contribution in [1.82, 2.24) is 10.3 Å². The van der Waals surface area contributed by atoms with Crippen molar-refractivity contribution in [3.8, 4) is 0 Å². The monoisotopic (exact) mass is 364 g/mol. The van der Waals surface area contributed by atoms with Crippen LogP contribution >= 0.6 is 11.8 Å². The first-order valence-electron chi connectivity index (χ1n) is 8.51. The highest BCUT2D eigenvalue weighted by Crippen LogP contribution is 2.42.